The molecule has 2 aliphatic heterocycles. The Morgan fingerprint density at radius 1 is 1.16 bits per heavy atom. The highest BCUT2D eigenvalue weighted by atomic mass is 16.7. The molecule has 3 heterocycles. The molecule has 1 saturated heterocycles. The van der Waals surface area contributed by atoms with Gasteiger partial charge in [-0.25, -0.2) is 0 Å². The highest BCUT2D eigenvalue weighted by molar-refractivity contribution is 5.79. The fraction of sp³-hybridized carbons (Fsp3) is 0.536. The number of hydrogen-bond donors (Lipinski definition) is 2. The highest BCUT2D eigenvalue weighted by Gasteiger charge is 2.47. The summed E-state index contributed by atoms with van der Waals surface area (Å²) in [5.74, 6) is -0.464. The number of hydrogen-bond acceptors (Lipinski definition) is 7. The first-order valence-electron chi connectivity index (χ1n) is 13.3. The summed E-state index contributed by atoms with van der Waals surface area (Å²) in [6, 6.07) is 11.1. The van der Waals surface area contributed by atoms with E-state index in [0.29, 0.717) is 50.5 Å². The highest BCUT2D eigenvalue weighted by Crippen LogP contribution is 2.43. The average molecular weight is 511 g/mol. The van der Waals surface area contributed by atoms with E-state index in [9.17, 15) is 14.7 Å². The van der Waals surface area contributed by atoms with Crippen molar-refractivity contribution in [2.24, 2.45) is 11.7 Å². The van der Waals surface area contributed by atoms with Gasteiger partial charge in [-0.3, -0.25) is 19.5 Å². The fourth-order valence-electron chi connectivity index (χ4n) is 5.44. The first-order valence-corrected chi connectivity index (χ1v) is 13.3. The van der Waals surface area contributed by atoms with Crippen molar-refractivity contribution in [3.8, 4) is 11.5 Å². The number of likely N-dealkylation sites (tertiary alicyclic amines) is 1. The van der Waals surface area contributed by atoms with Crippen LogP contribution in [0.15, 0.2) is 42.6 Å². The molecular weight excluding hydrogens is 472 g/mol. The Morgan fingerprint density at radius 3 is 2.70 bits per heavy atom. The van der Waals surface area contributed by atoms with E-state index in [0.717, 1.165) is 30.5 Å². The van der Waals surface area contributed by atoms with Gasteiger partial charge in [-0.1, -0.05) is 25.5 Å². The standard InChI is InChI=1S/C28H38N4O5/c1-2-3-14-31(15-6-12-29)26(33)18-32-17-22(20-8-11-24-25(16-20)37-19-36-24)27(28(34)35)23(32)10-9-21-7-4-5-13-30-21/h4-5,7-8,11,13,16,22-23,27H,2-3,6,9-10,12,14-15,17-19,29H2,1H3,(H,34,35)/t22-,23+,27?/m1/s1. The van der Waals surface area contributed by atoms with Crippen molar-refractivity contribution in [2.45, 2.75) is 51.0 Å². The third kappa shape index (κ3) is 6.59. The lowest BCUT2D eigenvalue weighted by Gasteiger charge is -2.29. The van der Waals surface area contributed by atoms with E-state index in [1.165, 1.54) is 0 Å². The minimum Gasteiger partial charge on any atom is -0.481 e. The molecule has 1 amide bonds. The normalized spacial score (nSPS) is 20.8. The monoisotopic (exact) mass is 510 g/mol. The van der Waals surface area contributed by atoms with Crippen molar-refractivity contribution in [1.29, 1.82) is 0 Å². The molecule has 37 heavy (non-hydrogen) atoms. The number of nitrogens with two attached hydrogens (primary N) is 1. The zero-order chi connectivity index (χ0) is 26.2. The number of amides is 1. The molecule has 9 nitrogen and oxygen atoms in total. The number of fused-ring (bicyclic) bond motifs is 1. The van der Waals surface area contributed by atoms with Crippen molar-refractivity contribution in [3.05, 3.63) is 53.9 Å². The number of carboxylic acid groups (broad SMARTS) is 1. The minimum atomic E-state index is -0.852. The van der Waals surface area contributed by atoms with Crippen LogP contribution >= 0.6 is 0 Å². The molecule has 0 saturated carbocycles. The molecule has 3 N–H and O–H groups in total. The summed E-state index contributed by atoms with van der Waals surface area (Å²) < 4.78 is 11.0. The van der Waals surface area contributed by atoms with E-state index in [2.05, 4.69) is 16.8 Å². The van der Waals surface area contributed by atoms with E-state index < -0.39 is 11.9 Å². The molecule has 4 rings (SSSR count). The van der Waals surface area contributed by atoms with Crippen LogP contribution in [-0.2, 0) is 16.0 Å². The van der Waals surface area contributed by atoms with Gasteiger partial charge in [-0.05, 0) is 62.1 Å². The minimum absolute atomic E-state index is 0.0280. The quantitative estimate of drug-likeness (QED) is 0.422. The van der Waals surface area contributed by atoms with Gasteiger partial charge in [0.15, 0.2) is 11.5 Å². The zero-order valence-electron chi connectivity index (χ0n) is 21.6. The van der Waals surface area contributed by atoms with Gasteiger partial charge in [-0.2, -0.15) is 0 Å². The Kier molecular flexibility index (Phi) is 9.35. The van der Waals surface area contributed by atoms with Gasteiger partial charge in [0.25, 0.3) is 0 Å². The van der Waals surface area contributed by atoms with Crippen LogP contribution in [0.3, 0.4) is 0 Å². The maximum atomic E-state index is 13.5. The molecule has 0 aliphatic carbocycles. The number of unbranched alkanes of at least 4 members (excludes halogenated alkanes) is 1. The van der Waals surface area contributed by atoms with Gasteiger partial charge < -0.3 is 25.2 Å². The molecule has 9 heteroatoms. The van der Waals surface area contributed by atoms with Crippen LogP contribution in [0, 0.1) is 5.92 Å². The molecule has 0 bridgehead atoms. The number of rotatable bonds is 13. The molecule has 2 aliphatic rings. The largest absolute Gasteiger partial charge is 0.481 e. The summed E-state index contributed by atoms with van der Waals surface area (Å²) in [7, 11) is 0. The number of aryl methyl sites for hydroxylation is 1. The molecule has 1 aromatic heterocycles. The number of pyridine rings is 1. The Bertz CT molecular complexity index is 1040. The van der Waals surface area contributed by atoms with Crippen molar-refractivity contribution < 1.29 is 24.2 Å². The predicted octanol–water partition coefficient (Wildman–Crippen LogP) is 2.89. The topological polar surface area (TPSA) is 118 Å². The van der Waals surface area contributed by atoms with E-state index >= 15 is 0 Å². The van der Waals surface area contributed by atoms with E-state index in [-0.39, 0.29) is 31.2 Å². The molecular formula is C28H38N4O5. The Labute approximate surface area is 218 Å². The van der Waals surface area contributed by atoms with Crippen molar-refractivity contribution in [3.63, 3.8) is 0 Å². The molecule has 0 spiro atoms. The lowest BCUT2D eigenvalue weighted by atomic mass is 9.83. The third-order valence-corrected chi connectivity index (χ3v) is 7.39. The van der Waals surface area contributed by atoms with Crippen LogP contribution < -0.4 is 15.2 Å². The second kappa shape index (κ2) is 12.9. The summed E-state index contributed by atoms with van der Waals surface area (Å²) in [6.07, 6.45) is 5.66. The van der Waals surface area contributed by atoms with Gasteiger partial charge >= 0.3 is 5.97 Å². The lowest BCUT2D eigenvalue weighted by Crippen LogP contribution is -2.45. The van der Waals surface area contributed by atoms with Gasteiger partial charge in [0.2, 0.25) is 12.7 Å². The molecule has 3 atom stereocenters. The molecule has 0 radical (unpaired) electrons. The molecule has 2 aromatic rings. The van der Waals surface area contributed by atoms with Crippen molar-refractivity contribution in [1.82, 2.24) is 14.8 Å². The Morgan fingerprint density at radius 2 is 1.97 bits per heavy atom. The smallest absolute Gasteiger partial charge is 0.308 e. The van der Waals surface area contributed by atoms with Gasteiger partial charge in [0.1, 0.15) is 0 Å². The number of carbonyl (C=O) groups excluding carboxylic acids is 1. The zero-order valence-corrected chi connectivity index (χ0v) is 21.6. The predicted molar refractivity (Wildman–Crippen MR) is 140 cm³/mol. The Balaban J connectivity index is 1.59. The second-order valence-electron chi connectivity index (χ2n) is 9.82. The van der Waals surface area contributed by atoms with Crippen LogP contribution in [-0.4, -0.2) is 77.3 Å². The number of aromatic nitrogens is 1. The molecule has 1 unspecified atom stereocenters. The lowest BCUT2D eigenvalue weighted by molar-refractivity contribution is -0.143. The van der Waals surface area contributed by atoms with Crippen LogP contribution in [0.4, 0.5) is 0 Å². The third-order valence-electron chi connectivity index (χ3n) is 7.39. The van der Waals surface area contributed by atoms with Gasteiger partial charge in [-0.15, -0.1) is 0 Å². The summed E-state index contributed by atoms with van der Waals surface area (Å²) in [5.41, 5.74) is 7.52. The van der Waals surface area contributed by atoms with E-state index in [1.807, 2.05) is 41.3 Å². The van der Waals surface area contributed by atoms with Crippen LogP contribution in [0.25, 0.3) is 0 Å². The summed E-state index contributed by atoms with van der Waals surface area (Å²) in [6.45, 7) is 4.77. The first-order chi connectivity index (χ1) is 18.0. The summed E-state index contributed by atoms with van der Waals surface area (Å²) in [4.78, 5) is 34.5. The molecule has 200 valence electrons. The van der Waals surface area contributed by atoms with Crippen molar-refractivity contribution in [2.75, 3.05) is 39.5 Å². The van der Waals surface area contributed by atoms with E-state index in [4.69, 9.17) is 15.2 Å². The van der Waals surface area contributed by atoms with Crippen LogP contribution in [0.1, 0.15) is 49.8 Å². The number of ether oxygens (including phenoxy) is 2. The van der Waals surface area contributed by atoms with Crippen LogP contribution in [0.5, 0.6) is 11.5 Å². The number of carboxylic acids is 1. The van der Waals surface area contributed by atoms with Crippen molar-refractivity contribution >= 4 is 11.9 Å². The average Bonchev–Trinajstić information content (AvgIpc) is 3.52. The number of aliphatic carboxylic acids is 1. The Hall–Kier alpha value is -3.17. The maximum Gasteiger partial charge on any atom is 0.308 e. The number of benzene rings is 1. The van der Waals surface area contributed by atoms with E-state index in [1.54, 1.807) is 6.20 Å². The first kappa shape index (κ1) is 26.9. The molecule has 1 fully saturated rings. The summed E-state index contributed by atoms with van der Waals surface area (Å²) >= 11 is 0. The van der Waals surface area contributed by atoms with Crippen LogP contribution in [0.2, 0.25) is 0 Å². The number of nitrogens with zero attached hydrogens (tertiary/aromatic N) is 3. The van der Waals surface area contributed by atoms with Gasteiger partial charge in [0, 0.05) is 43.5 Å². The fourth-order valence-corrected chi connectivity index (χ4v) is 5.44. The number of carbonyl (C=O) groups is 2. The molecule has 1 aromatic carbocycles. The SMILES string of the molecule is CCCCN(CCCN)C(=O)CN1C[C@H](c2ccc3c(c2)OCO3)C(C(=O)O)[C@@H]1CCc1ccccn1. The summed E-state index contributed by atoms with van der Waals surface area (Å²) in [5, 5.41) is 10.4. The second-order valence-corrected chi connectivity index (χ2v) is 9.82. The maximum absolute atomic E-state index is 13.5. The van der Waals surface area contributed by atoms with Gasteiger partial charge in [0.05, 0.1) is 12.5 Å².